The quantitative estimate of drug-likeness (QED) is 0.829. The summed E-state index contributed by atoms with van der Waals surface area (Å²) in [5, 5.41) is 2.28. The molecule has 3 atom stereocenters. The highest BCUT2D eigenvalue weighted by atomic mass is 16.6. The van der Waals surface area contributed by atoms with Crippen molar-refractivity contribution in [3.8, 4) is 5.75 Å². The SMILES string of the molecule is CC(C)[C@@H](Oc1ccc2ccccc2c1)[C@H](C)OC(=O)[C@H](C)N. The minimum atomic E-state index is -0.633. The van der Waals surface area contributed by atoms with Gasteiger partial charge in [-0.1, -0.05) is 44.2 Å². The van der Waals surface area contributed by atoms with Crippen molar-refractivity contribution >= 4 is 16.7 Å². The maximum Gasteiger partial charge on any atom is 0.323 e. The number of carbonyl (C=O) groups excluding carboxylic acids is 1. The predicted octanol–water partition coefficient (Wildman–Crippen LogP) is 3.52. The van der Waals surface area contributed by atoms with Gasteiger partial charge in [0.1, 0.15) is 24.0 Å². The lowest BCUT2D eigenvalue weighted by Crippen LogP contribution is -2.41. The third-order valence-electron chi connectivity index (χ3n) is 3.79. The van der Waals surface area contributed by atoms with E-state index >= 15 is 0 Å². The largest absolute Gasteiger partial charge is 0.486 e. The molecule has 0 aliphatic carbocycles. The van der Waals surface area contributed by atoms with Gasteiger partial charge in [0.25, 0.3) is 0 Å². The molecule has 4 nitrogen and oxygen atoms in total. The molecule has 0 aliphatic heterocycles. The molecular weight excluding hydrogens is 290 g/mol. The Labute approximate surface area is 137 Å². The van der Waals surface area contributed by atoms with Crippen LogP contribution in [0.25, 0.3) is 10.8 Å². The second kappa shape index (κ2) is 7.47. The van der Waals surface area contributed by atoms with E-state index in [2.05, 4.69) is 6.07 Å². The normalized spacial score (nSPS) is 15.2. The van der Waals surface area contributed by atoms with Gasteiger partial charge < -0.3 is 15.2 Å². The van der Waals surface area contributed by atoms with E-state index in [-0.39, 0.29) is 18.1 Å². The van der Waals surface area contributed by atoms with E-state index in [1.54, 1.807) is 6.92 Å². The van der Waals surface area contributed by atoms with Crippen LogP contribution in [-0.2, 0) is 9.53 Å². The van der Waals surface area contributed by atoms with Crippen molar-refractivity contribution in [2.24, 2.45) is 11.7 Å². The molecule has 0 heterocycles. The number of hydrogen-bond acceptors (Lipinski definition) is 4. The van der Waals surface area contributed by atoms with Gasteiger partial charge in [-0.15, -0.1) is 0 Å². The lowest BCUT2D eigenvalue weighted by molar-refractivity contribution is -0.155. The highest BCUT2D eigenvalue weighted by Crippen LogP contribution is 2.24. The Balaban J connectivity index is 2.15. The molecule has 0 fully saturated rings. The number of benzene rings is 2. The fourth-order valence-corrected chi connectivity index (χ4v) is 2.53. The van der Waals surface area contributed by atoms with Crippen molar-refractivity contribution in [1.29, 1.82) is 0 Å². The highest BCUT2D eigenvalue weighted by Gasteiger charge is 2.27. The van der Waals surface area contributed by atoms with Gasteiger partial charge in [-0.05, 0) is 42.7 Å². The Hall–Kier alpha value is -2.07. The van der Waals surface area contributed by atoms with Gasteiger partial charge in [0, 0.05) is 0 Å². The summed E-state index contributed by atoms with van der Waals surface area (Å²) in [6.07, 6.45) is -0.612. The van der Waals surface area contributed by atoms with E-state index in [1.807, 2.05) is 57.2 Å². The van der Waals surface area contributed by atoms with Crippen molar-refractivity contribution in [3.63, 3.8) is 0 Å². The number of rotatable bonds is 6. The molecule has 4 heteroatoms. The van der Waals surface area contributed by atoms with Crippen molar-refractivity contribution in [2.75, 3.05) is 0 Å². The van der Waals surface area contributed by atoms with Crippen LogP contribution >= 0.6 is 0 Å². The average Bonchev–Trinajstić information content (AvgIpc) is 2.51. The van der Waals surface area contributed by atoms with E-state index in [9.17, 15) is 4.79 Å². The van der Waals surface area contributed by atoms with Gasteiger partial charge in [0.2, 0.25) is 0 Å². The van der Waals surface area contributed by atoms with E-state index < -0.39 is 12.0 Å². The summed E-state index contributed by atoms with van der Waals surface area (Å²) < 4.78 is 11.5. The van der Waals surface area contributed by atoms with Gasteiger partial charge >= 0.3 is 5.97 Å². The van der Waals surface area contributed by atoms with Gasteiger partial charge in [-0.3, -0.25) is 4.79 Å². The Morgan fingerprint density at radius 3 is 2.26 bits per heavy atom. The first-order valence-corrected chi connectivity index (χ1v) is 8.00. The lowest BCUT2D eigenvalue weighted by Gasteiger charge is -2.28. The molecule has 0 unspecified atom stereocenters. The van der Waals surface area contributed by atoms with Gasteiger partial charge in [-0.25, -0.2) is 0 Å². The molecule has 23 heavy (non-hydrogen) atoms. The molecule has 0 amide bonds. The van der Waals surface area contributed by atoms with Crippen LogP contribution in [0.1, 0.15) is 27.7 Å². The van der Waals surface area contributed by atoms with Gasteiger partial charge in [0.15, 0.2) is 0 Å². The van der Waals surface area contributed by atoms with Crippen LogP contribution in [0.5, 0.6) is 5.75 Å². The first kappa shape index (κ1) is 17.3. The van der Waals surface area contributed by atoms with E-state index in [0.717, 1.165) is 16.5 Å². The van der Waals surface area contributed by atoms with Crippen molar-refractivity contribution in [2.45, 2.75) is 45.9 Å². The Kier molecular flexibility index (Phi) is 5.61. The molecule has 2 N–H and O–H groups in total. The van der Waals surface area contributed by atoms with Gasteiger partial charge in [0.05, 0.1) is 0 Å². The van der Waals surface area contributed by atoms with Crippen LogP contribution in [-0.4, -0.2) is 24.2 Å². The van der Waals surface area contributed by atoms with Crippen LogP contribution < -0.4 is 10.5 Å². The number of esters is 1. The van der Waals surface area contributed by atoms with Crippen molar-refractivity contribution < 1.29 is 14.3 Å². The number of nitrogens with two attached hydrogens (primary N) is 1. The zero-order chi connectivity index (χ0) is 17.0. The maximum atomic E-state index is 11.7. The summed E-state index contributed by atoms with van der Waals surface area (Å²) in [6, 6.07) is 13.5. The van der Waals surface area contributed by atoms with Crippen LogP contribution in [0.4, 0.5) is 0 Å². The molecule has 0 saturated heterocycles. The van der Waals surface area contributed by atoms with Crippen molar-refractivity contribution in [3.05, 3.63) is 42.5 Å². The monoisotopic (exact) mass is 315 g/mol. The summed E-state index contributed by atoms with van der Waals surface area (Å²) >= 11 is 0. The van der Waals surface area contributed by atoms with Crippen LogP contribution in [0, 0.1) is 5.92 Å². The molecule has 0 bridgehead atoms. The summed E-state index contributed by atoms with van der Waals surface area (Å²) in [6.45, 7) is 7.54. The number of carbonyl (C=O) groups is 1. The number of fused-ring (bicyclic) bond motifs is 1. The molecule has 2 rings (SSSR count). The fourth-order valence-electron chi connectivity index (χ4n) is 2.53. The molecule has 0 radical (unpaired) electrons. The third-order valence-corrected chi connectivity index (χ3v) is 3.79. The summed E-state index contributed by atoms with van der Waals surface area (Å²) in [4.78, 5) is 11.7. The van der Waals surface area contributed by atoms with Crippen molar-refractivity contribution in [1.82, 2.24) is 0 Å². The predicted molar refractivity (Wildman–Crippen MR) is 92.4 cm³/mol. The average molecular weight is 315 g/mol. The minimum Gasteiger partial charge on any atom is -0.486 e. The van der Waals surface area contributed by atoms with Gasteiger partial charge in [-0.2, -0.15) is 0 Å². The van der Waals surface area contributed by atoms with Crippen LogP contribution in [0.2, 0.25) is 0 Å². The standard InChI is InChI=1S/C19H25NO3/c1-12(2)18(14(4)22-19(21)13(3)20)23-17-10-9-15-7-5-6-8-16(15)11-17/h5-14,18H,20H2,1-4H3/t13-,14-,18+/m0/s1. The van der Waals surface area contributed by atoms with Crippen LogP contribution in [0.15, 0.2) is 42.5 Å². The summed E-state index contributed by atoms with van der Waals surface area (Å²) in [5.74, 6) is 0.550. The zero-order valence-electron chi connectivity index (χ0n) is 14.2. The molecule has 0 aliphatic rings. The molecular formula is C19H25NO3. The minimum absolute atomic E-state index is 0.192. The highest BCUT2D eigenvalue weighted by molar-refractivity contribution is 5.83. The number of ether oxygens (including phenoxy) is 2. The molecule has 2 aromatic rings. The first-order chi connectivity index (χ1) is 10.9. The second-order valence-electron chi connectivity index (χ2n) is 6.27. The maximum absolute atomic E-state index is 11.7. The molecule has 0 saturated carbocycles. The smallest absolute Gasteiger partial charge is 0.323 e. The van der Waals surface area contributed by atoms with E-state index in [0.29, 0.717) is 0 Å². The van der Waals surface area contributed by atoms with E-state index in [1.165, 1.54) is 0 Å². The summed E-state index contributed by atoms with van der Waals surface area (Å²) in [7, 11) is 0. The molecule has 0 spiro atoms. The molecule has 124 valence electrons. The molecule has 0 aromatic heterocycles. The summed E-state index contributed by atoms with van der Waals surface area (Å²) in [5.41, 5.74) is 5.56. The third kappa shape index (κ3) is 4.45. The van der Waals surface area contributed by atoms with E-state index in [4.69, 9.17) is 15.2 Å². The lowest BCUT2D eigenvalue weighted by atomic mass is 10.0. The first-order valence-electron chi connectivity index (χ1n) is 8.00. The zero-order valence-corrected chi connectivity index (χ0v) is 14.2. The second-order valence-corrected chi connectivity index (χ2v) is 6.27. The Morgan fingerprint density at radius 1 is 1.00 bits per heavy atom. The van der Waals surface area contributed by atoms with Crippen LogP contribution in [0.3, 0.4) is 0 Å². The Morgan fingerprint density at radius 2 is 1.65 bits per heavy atom. The number of hydrogen-bond donors (Lipinski definition) is 1. The fraction of sp³-hybridized carbons (Fsp3) is 0.421. The topological polar surface area (TPSA) is 61.5 Å². The Bertz CT molecular complexity index is 666. The molecule has 2 aromatic carbocycles.